The molecular weight excluding hydrogens is 186 g/mol. The number of carbonyl (C=O) groups excluding carboxylic acids is 1. The Morgan fingerprint density at radius 3 is 2.00 bits per heavy atom. The van der Waals surface area contributed by atoms with Crippen LogP contribution in [0.1, 0.15) is 53.9 Å². The fourth-order valence-corrected chi connectivity index (χ4v) is 1.75. The molecule has 0 radical (unpaired) electrons. The molecule has 15 heavy (non-hydrogen) atoms. The maximum absolute atomic E-state index is 11.7. The highest BCUT2D eigenvalue weighted by molar-refractivity contribution is 5.83. The lowest BCUT2D eigenvalue weighted by Gasteiger charge is -2.27. The Morgan fingerprint density at radius 1 is 1.20 bits per heavy atom. The van der Waals surface area contributed by atoms with Gasteiger partial charge in [-0.2, -0.15) is 0 Å². The molecule has 90 valence electrons. The van der Waals surface area contributed by atoms with Crippen molar-refractivity contribution in [2.45, 2.75) is 59.9 Å². The predicted molar refractivity (Wildman–Crippen MR) is 66.1 cm³/mol. The van der Waals surface area contributed by atoms with Gasteiger partial charge in [-0.3, -0.25) is 4.79 Å². The van der Waals surface area contributed by atoms with Crippen molar-refractivity contribution < 1.29 is 4.79 Å². The summed E-state index contributed by atoms with van der Waals surface area (Å²) in [5.41, 5.74) is -0.186. The molecule has 0 aromatic carbocycles. The zero-order valence-corrected chi connectivity index (χ0v) is 11.3. The molecule has 0 saturated heterocycles. The lowest BCUT2D eigenvalue weighted by atomic mass is 9.89. The predicted octanol–water partition coefficient (Wildman–Crippen LogP) is 3.11. The van der Waals surface area contributed by atoms with Crippen LogP contribution in [0, 0.1) is 5.41 Å². The number of carbonyl (C=O) groups is 1. The maximum atomic E-state index is 11.7. The molecule has 0 heterocycles. The van der Waals surface area contributed by atoms with Gasteiger partial charge in [-0.05, 0) is 19.9 Å². The van der Waals surface area contributed by atoms with E-state index in [2.05, 4.69) is 25.8 Å². The molecule has 2 heteroatoms. The second kappa shape index (κ2) is 6.26. The van der Waals surface area contributed by atoms with Crippen molar-refractivity contribution >= 4 is 5.78 Å². The highest BCUT2D eigenvalue weighted by Crippen LogP contribution is 2.17. The van der Waals surface area contributed by atoms with Gasteiger partial charge in [0.05, 0.1) is 0 Å². The van der Waals surface area contributed by atoms with Crippen LogP contribution in [0.3, 0.4) is 0 Å². The first-order valence-electron chi connectivity index (χ1n) is 6.06. The molecule has 0 N–H and O–H groups in total. The van der Waals surface area contributed by atoms with E-state index < -0.39 is 0 Å². The van der Waals surface area contributed by atoms with Crippen molar-refractivity contribution in [2.75, 3.05) is 13.6 Å². The van der Waals surface area contributed by atoms with Crippen LogP contribution in [-0.2, 0) is 4.79 Å². The van der Waals surface area contributed by atoms with Gasteiger partial charge in [0.1, 0.15) is 5.78 Å². The fourth-order valence-electron chi connectivity index (χ4n) is 1.75. The minimum Gasteiger partial charge on any atom is -0.303 e. The highest BCUT2D eigenvalue weighted by atomic mass is 16.1. The van der Waals surface area contributed by atoms with Crippen LogP contribution in [0.25, 0.3) is 0 Å². The summed E-state index contributed by atoms with van der Waals surface area (Å²) in [6.07, 6.45) is 3.00. The standard InChI is InChI=1S/C13H27NO/c1-7-11(8-2)14(6)10-9-12(15)13(3,4)5/h11H,7-10H2,1-6H3. The SMILES string of the molecule is CCC(CC)N(C)CCC(=O)C(C)(C)C. The van der Waals surface area contributed by atoms with Gasteiger partial charge in [0.25, 0.3) is 0 Å². The van der Waals surface area contributed by atoms with E-state index in [0.29, 0.717) is 18.2 Å². The van der Waals surface area contributed by atoms with Gasteiger partial charge >= 0.3 is 0 Å². The number of Topliss-reactive ketones (excluding diaryl/α,β-unsaturated/α-hetero) is 1. The first kappa shape index (κ1) is 14.6. The molecule has 0 aliphatic rings. The molecule has 0 saturated carbocycles. The molecule has 0 spiro atoms. The van der Waals surface area contributed by atoms with Crippen LogP contribution in [0.15, 0.2) is 0 Å². The molecular formula is C13H27NO. The van der Waals surface area contributed by atoms with Crippen molar-refractivity contribution in [1.82, 2.24) is 4.90 Å². The smallest absolute Gasteiger partial charge is 0.139 e. The van der Waals surface area contributed by atoms with Crippen LogP contribution in [0.2, 0.25) is 0 Å². The van der Waals surface area contributed by atoms with Crippen molar-refractivity contribution in [3.63, 3.8) is 0 Å². The summed E-state index contributed by atoms with van der Waals surface area (Å²) in [6, 6.07) is 0.623. The van der Waals surface area contributed by atoms with E-state index in [1.807, 2.05) is 20.8 Å². The molecule has 0 aromatic heterocycles. The first-order valence-corrected chi connectivity index (χ1v) is 6.06. The summed E-state index contributed by atoms with van der Waals surface area (Å²) in [5, 5.41) is 0. The van der Waals surface area contributed by atoms with E-state index >= 15 is 0 Å². The van der Waals surface area contributed by atoms with E-state index in [1.165, 1.54) is 0 Å². The minimum atomic E-state index is -0.186. The molecule has 0 rings (SSSR count). The third-order valence-corrected chi connectivity index (χ3v) is 3.09. The minimum absolute atomic E-state index is 0.186. The molecule has 0 aliphatic carbocycles. The van der Waals surface area contributed by atoms with E-state index in [1.54, 1.807) is 0 Å². The van der Waals surface area contributed by atoms with E-state index in [4.69, 9.17) is 0 Å². The Balaban J connectivity index is 4.00. The van der Waals surface area contributed by atoms with E-state index in [9.17, 15) is 4.79 Å². The Labute approximate surface area is 95.0 Å². The summed E-state index contributed by atoms with van der Waals surface area (Å²) in [6.45, 7) is 11.3. The number of hydrogen-bond donors (Lipinski definition) is 0. The van der Waals surface area contributed by atoms with Crippen LogP contribution in [0.5, 0.6) is 0 Å². The molecule has 0 aliphatic heterocycles. The second-order valence-electron chi connectivity index (χ2n) is 5.37. The number of hydrogen-bond acceptors (Lipinski definition) is 2. The van der Waals surface area contributed by atoms with Gasteiger partial charge < -0.3 is 4.90 Å². The summed E-state index contributed by atoms with van der Waals surface area (Å²) >= 11 is 0. The zero-order valence-electron chi connectivity index (χ0n) is 11.3. The Bertz CT molecular complexity index is 189. The third kappa shape index (κ3) is 5.31. The summed E-state index contributed by atoms with van der Waals surface area (Å²) in [7, 11) is 2.12. The molecule has 0 unspecified atom stereocenters. The molecule has 0 fully saturated rings. The highest BCUT2D eigenvalue weighted by Gasteiger charge is 2.21. The van der Waals surface area contributed by atoms with E-state index in [0.717, 1.165) is 19.4 Å². The maximum Gasteiger partial charge on any atom is 0.139 e. The monoisotopic (exact) mass is 213 g/mol. The van der Waals surface area contributed by atoms with Crippen LogP contribution >= 0.6 is 0 Å². The van der Waals surface area contributed by atoms with Gasteiger partial charge in [0, 0.05) is 24.4 Å². The van der Waals surface area contributed by atoms with Crippen molar-refractivity contribution in [2.24, 2.45) is 5.41 Å². The Kier molecular flexibility index (Phi) is 6.11. The van der Waals surface area contributed by atoms with Gasteiger partial charge in [-0.15, -0.1) is 0 Å². The van der Waals surface area contributed by atoms with Crippen LogP contribution < -0.4 is 0 Å². The van der Waals surface area contributed by atoms with Gasteiger partial charge in [-0.25, -0.2) is 0 Å². The second-order valence-corrected chi connectivity index (χ2v) is 5.37. The summed E-state index contributed by atoms with van der Waals surface area (Å²) < 4.78 is 0. The van der Waals surface area contributed by atoms with Crippen molar-refractivity contribution in [1.29, 1.82) is 0 Å². The van der Waals surface area contributed by atoms with Crippen LogP contribution in [-0.4, -0.2) is 30.3 Å². The molecule has 0 atom stereocenters. The number of ketones is 1. The molecule has 0 amide bonds. The van der Waals surface area contributed by atoms with Gasteiger partial charge in [0.15, 0.2) is 0 Å². The average molecular weight is 213 g/mol. The Morgan fingerprint density at radius 2 is 1.67 bits per heavy atom. The van der Waals surface area contributed by atoms with Gasteiger partial charge in [0.2, 0.25) is 0 Å². The normalized spacial score (nSPS) is 12.5. The fraction of sp³-hybridized carbons (Fsp3) is 0.923. The first-order chi connectivity index (χ1) is 6.82. The number of nitrogens with zero attached hydrogens (tertiary/aromatic N) is 1. The third-order valence-electron chi connectivity index (χ3n) is 3.09. The lowest BCUT2D eigenvalue weighted by Crippen LogP contribution is -2.34. The summed E-state index contributed by atoms with van der Waals surface area (Å²) in [4.78, 5) is 14.1. The molecule has 0 bridgehead atoms. The topological polar surface area (TPSA) is 20.3 Å². The number of rotatable bonds is 6. The van der Waals surface area contributed by atoms with Crippen molar-refractivity contribution in [3.8, 4) is 0 Å². The zero-order chi connectivity index (χ0) is 12.1. The lowest BCUT2D eigenvalue weighted by molar-refractivity contribution is -0.126. The quantitative estimate of drug-likeness (QED) is 0.675. The molecule has 2 nitrogen and oxygen atoms in total. The van der Waals surface area contributed by atoms with Gasteiger partial charge in [-0.1, -0.05) is 34.6 Å². The summed E-state index contributed by atoms with van der Waals surface area (Å²) in [5.74, 6) is 0.361. The largest absolute Gasteiger partial charge is 0.303 e. The molecule has 0 aromatic rings. The van der Waals surface area contributed by atoms with Crippen molar-refractivity contribution in [3.05, 3.63) is 0 Å². The average Bonchev–Trinajstić information content (AvgIpc) is 2.14. The van der Waals surface area contributed by atoms with E-state index in [-0.39, 0.29) is 5.41 Å². The Hall–Kier alpha value is -0.370. The van der Waals surface area contributed by atoms with Crippen LogP contribution in [0.4, 0.5) is 0 Å².